The zero-order chi connectivity index (χ0) is 21.6. The fraction of sp³-hybridized carbons (Fsp3) is 0.235. The first-order valence-electron chi connectivity index (χ1n) is 8.19. The van der Waals surface area contributed by atoms with E-state index in [0.717, 1.165) is 0 Å². The highest BCUT2D eigenvalue weighted by Gasteiger charge is 2.49. The van der Waals surface area contributed by atoms with Crippen LogP contribution in [0.5, 0.6) is 5.88 Å². The maximum atomic E-state index is 12.8. The number of rotatable bonds is 5. The van der Waals surface area contributed by atoms with Crippen molar-refractivity contribution in [1.29, 1.82) is 0 Å². The van der Waals surface area contributed by atoms with Crippen molar-refractivity contribution in [1.82, 2.24) is 14.8 Å². The predicted molar refractivity (Wildman–Crippen MR) is 95.5 cm³/mol. The van der Waals surface area contributed by atoms with Crippen molar-refractivity contribution < 1.29 is 35.7 Å². The van der Waals surface area contributed by atoms with Crippen LogP contribution >= 0.6 is 0 Å². The predicted octanol–water partition coefficient (Wildman–Crippen LogP) is 3.22. The molecule has 0 aliphatic rings. The molecule has 1 aromatic carbocycles. The second kappa shape index (κ2) is 7.03. The number of aromatic nitrogens is 3. The van der Waals surface area contributed by atoms with E-state index in [2.05, 4.69) is 14.3 Å². The Bertz CT molecular complexity index is 1200. The molecule has 12 heteroatoms. The van der Waals surface area contributed by atoms with Crippen molar-refractivity contribution in [3.05, 3.63) is 47.2 Å². The molecule has 3 rings (SSSR count). The minimum absolute atomic E-state index is 0.0787. The average Bonchev–Trinajstić information content (AvgIpc) is 2.96. The number of pyridine rings is 1. The Balaban J connectivity index is 2.39. The third-order valence-electron chi connectivity index (χ3n) is 4.09. The van der Waals surface area contributed by atoms with Gasteiger partial charge in [-0.1, -0.05) is 25.1 Å². The van der Waals surface area contributed by atoms with Gasteiger partial charge in [-0.15, -0.1) is 0 Å². The lowest BCUT2D eigenvalue weighted by Crippen LogP contribution is -2.29. The second-order valence-electron chi connectivity index (χ2n) is 5.94. The van der Waals surface area contributed by atoms with E-state index in [1.807, 2.05) is 0 Å². The van der Waals surface area contributed by atoms with Crippen LogP contribution in [-0.2, 0) is 16.5 Å². The molecule has 0 fully saturated rings. The first-order chi connectivity index (χ1) is 13.5. The number of carbonyl (C=O) groups is 1. The maximum Gasteiger partial charge on any atom is 0.534 e. The Morgan fingerprint density at radius 3 is 2.38 bits per heavy atom. The molecule has 8 nitrogen and oxygen atoms in total. The number of hydrogen-bond donors (Lipinski definition) is 1. The van der Waals surface area contributed by atoms with E-state index in [1.54, 1.807) is 30.3 Å². The standard InChI is InChI=1S/C17H14F3N3O5S/c1-3-11-13(16(24)25)12-9(2)22-23(10-7-5-4-6-8-10)14(12)21-15(11)28-29(26,27)17(18,19)20/h4-8H,3H2,1-2H3,(H,24,25). The molecule has 0 saturated heterocycles. The smallest absolute Gasteiger partial charge is 0.478 e. The topological polar surface area (TPSA) is 111 Å². The van der Waals surface area contributed by atoms with Crippen molar-refractivity contribution in [2.75, 3.05) is 0 Å². The van der Waals surface area contributed by atoms with Crippen molar-refractivity contribution in [2.24, 2.45) is 0 Å². The molecule has 0 saturated carbocycles. The van der Waals surface area contributed by atoms with Crippen LogP contribution in [0.2, 0.25) is 0 Å². The average molecular weight is 429 g/mol. The van der Waals surface area contributed by atoms with Crippen LogP contribution in [0.1, 0.15) is 28.5 Å². The fourth-order valence-electron chi connectivity index (χ4n) is 2.87. The van der Waals surface area contributed by atoms with Crippen molar-refractivity contribution in [3.8, 4) is 11.6 Å². The molecule has 0 bridgehead atoms. The summed E-state index contributed by atoms with van der Waals surface area (Å²) in [6.45, 7) is 2.96. The summed E-state index contributed by atoms with van der Waals surface area (Å²) in [5, 5.41) is 14.0. The lowest BCUT2D eigenvalue weighted by Gasteiger charge is -2.14. The summed E-state index contributed by atoms with van der Waals surface area (Å²) in [7, 11) is -6.05. The minimum Gasteiger partial charge on any atom is -0.478 e. The van der Waals surface area contributed by atoms with Gasteiger partial charge in [0.15, 0.2) is 5.65 Å². The van der Waals surface area contributed by atoms with Crippen molar-refractivity contribution in [3.63, 3.8) is 0 Å². The molecule has 3 aromatic rings. The normalized spacial score (nSPS) is 12.3. The van der Waals surface area contributed by atoms with Gasteiger partial charge in [-0.25, -0.2) is 9.48 Å². The number of nitrogens with zero attached hydrogens (tertiary/aromatic N) is 3. The molecule has 2 aromatic heterocycles. The number of carboxylic acid groups (broad SMARTS) is 1. The summed E-state index contributed by atoms with van der Waals surface area (Å²) in [6, 6.07) is 8.30. The highest BCUT2D eigenvalue weighted by atomic mass is 32.2. The minimum atomic E-state index is -6.05. The number of benzene rings is 1. The van der Waals surface area contributed by atoms with E-state index < -0.39 is 33.0 Å². The van der Waals surface area contributed by atoms with E-state index in [1.165, 1.54) is 18.5 Å². The first kappa shape index (κ1) is 20.6. The van der Waals surface area contributed by atoms with E-state index >= 15 is 0 Å². The first-order valence-corrected chi connectivity index (χ1v) is 9.60. The fourth-order valence-corrected chi connectivity index (χ4v) is 3.31. The van der Waals surface area contributed by atoms with E-state index in [0.29, 0.717) is 5.69 Å². The number of para-hydroxylation sites is 1. The molecular weight excluding hydrogens is 415 g/mol. The van der Waals surface area contributed by atoms with Gasteiger partial charge in [0, 0.05) is 5.56 Å². The van der Waals surface area contributed by atoms with Crippen LogP contribution in [0, 0.1) is 6.92 Å². The van der Waals surface area contributed by atoms with Gasteiger partial charge in [-0.2, -0.15) is 31.7 Å². The van der Waals surface area contributed by atoms with Crippen molar-refractivity contribution >= 4 is 27.1 Å². The number of alkyl halides is 3. The summed E-state index contributed by atoms with van der Waals surface area (Å²) >= 11 is 0. The van der Waals surface area contributed by atoms with Crippen LogP contribution in [0.25, 0.3) is 16.7 Å². The zero-order valence-electron chi connectivity index (χ0n) is 15.1. The van der Waals surface area contributed by atoms with Gasteiger partial charge in [0.2, 0.25) is 5.88 Å². The van der Waals surface area contributed by atoms with Crippen LogP contribution < -0.4 is 4.18 Å². The van der Waals surface area contributed by atoms with Crippen LogP contribution in [0.3, 0.4) is 0 Å². The molecule has 0 unspecified atom stereocenters. The van der Waals surface area contributed by atoms with Gasteiger partial charge in [0.25, 0.3) is 0 Å². The third-order valence-corrected chi connectivity index (χ3v) is 5.04. The molecule has 154 valence electrons. The van der Waals surface area contributed by atoms with Crippen LogP contribution in [-0.4, -0.2) is 39.8 Å². The molecule has 0 amide bonds. The molecular formula is C17H14F3N3O5S. The molecule has 0 radical (unpaired) electrons. The number of fused-ring (bicyclic) bond motifs is 1. The number of halogens is 3. The summed E-state index contributed by atoms with van der Waals surface area (Å²) < 4.78 is 66.9. The van der Waals surface area contributed by atoms with Crippen LogP contribution in [0.15, 0.2) is 30.3 Å². The van der Waals surface area contributed by atoms with Gasteiger partial charge in [0.05, 0.1) is 22.3 Å². The summed E-state index contributed by atoms with van der Waals surface area (Å²) in [6.07, 6.45) is -0.136. The second-order valence-corrected chi connectivity index (χ2v) is 7.48. The number of carboxylic acids is 1. The quantitative estimate of drug-likeness (QED) is 0.490. The van der Waals surface area contributed by atoms with E-state index in [9.17, 15) is 31.5 Å². The monoisotopic (exact) mass is 429 g/mol. The van der Waals surface area contributed by atoms with Gasteiger partial charge < -0.3 is 9.29 Å². The maximum absolute atomic E-state index is 12.8. The lowest BCUT2D eigenvalue weighted by atomic mass is 10.0. The Labute approximate surface area is 162 Å². The SMILES string of the molecule is CCc1c(OS(=O)(=O)C(F)(F)F)nc2c(c(C)nn2-c2ccccc2)c1C(=O)O. The highest BCUT2D eigenvalue weighted by Crippen LogP contribution is 2.35. The molecule has 0 aliphatic heterocycles. The number of aromatic carboxylic acids is 1. The van der Waals surface area contributed by atoms with E-state index in [4.69, 9.17) is 0 Å². The summed E-state index contributed by atoms with van der Waals surface area (Å²) in [5.41, 5.74) is -5.83. The zero-order valence-corrected chi connectivity index (χ0v) is 15.9. The summed E-state index contributed by atoms with van der Waals surface area (Å²) in [5.74, 6) is -2.42. The Kier molecular flexibility index (Phi) is 4.99. The van der Waals surface area contributed by atoms with E-state index in [-0.39, 0.29) is 28.7 Å². The molecule has 2 heterocycles. The van der Waals surface area contributed by atoms with Gasteiger partial charge in [0.1, 0.15) is 0 Å². The molecule has 29 heavy (non-hydrogen) atoms. The van der Waals surface area contributed by atoms with Crippen LogP contribution in [0.4, 0.5) is 13.2 Å². The number of aryl methyl sites for hydroxylation is 1. The van der Waals surface area contributed by atoms with Gasteiger partial charge in [-0.3, -0.25) is 0 Å². The molecule has 0 aliphatic carbocycles. The third kappa shape index (κ3) is 3.50. The highest BCUT2D eigenvalue weighted by molar-refractivity contribution is 7.87. The Morgan fingerprint density at radius 1 is 1.24 bits per heavy atom. The van der Waals surface area contributed by atoms with Gasteiger partial charge in [-0.05, 0) is 25.5 Å². The number of hydrogen-bond acceptors (Lipinski definition) is 6. The van der Waals surface area contributed by atoms with Crippen molar-refractivity contribution in [2.45, 2.75) is 25.8 Å². The Hall–Kier alpha value is -3.15. The Morgan fingerprint density at radius 2 is 1.86 bits per heavy atom. The van der Waals surface area contributed by atoms with Gasteiger partial charge >= 0.3 is 21.6 Å². The lowest BCUT2D eigenvalue weighted by molar-refractivity contribution is -0.0501. The molecule has 0 atom stereocenters. The summed E-state index contributed by atoms with van der Waals surface area (Å²) in [4.78, 5) is 15.8. The molecule has 0 spiro atoms. The largest absolute Gasteiger partial charge is 0.534 e. The molecule has 1 N–H and O–H groups in total.